The molecule has 18 heavy (non-hydrogen) atoms. The van der Waals surface area contributed by atoms with E-state index in [1.807, 2.05) is 50.5 Å². The van der Waals surface area contributed by atoms with E-state index in [2.05, 4.69) is 13.2 Å². The smallest absolute Gasteiger partial charge is 0.334 e. The van der Waals surface area contributed by atoms with Gasteiger partial charge in [-0.25, -0.2) is 4.79 Å². The van der Waals surface area contributed by atoms with Gasteiger partial charge in [0, 0.05) is 5.57 Å². The minimum Gasteiger partial charge on any atom is -0.446 e. The van der Waals surface area contributed by atoms with Crippen LogP contribution in [0.3, 0.4) is 0 Å². The lowest BCUT2D eigenvalue weighted by atomic mass is 10.2. The SMILES string of the molecule is C=C(C)C(=O)OCN(C)C.C=Cc1ccccc1. The van der Waals surface area contributed by atoms with E-state index >= 15 is 0 Å². The predicted molar refractivity (Wildman–Crippen MR) is 76.0 cm³/mol. The van der Waals surface area contributed by atoms with Crippen molar-refractivity contribution in [2.45, 2.75) is 6.92 Å². The summed E-state index contributed by atoms with van der Waals surface area (Å²) in [6.45, 7) is 9.01. The number of rotatable bonds is 4. The molecule has 0 unspecified atom stereocenters. The minimum absolute atomic E-state index is 0.311. The number of benzene rings is 1. The second-order valence-corrected chi connectivity index (χ2v) is 4.04. The van der Waals surface area contributed by atoms with Crippen molar-refractivity contribution in [3.05, 3.63) is 54.6 Å². The highest BCUT2D eigenvalue weighted by Crippen LogP contribution is 1.97. The predicted octanol–water partition coefficient (Wildman–Crippen LogP) is 2.95. The van der Waals surface area contributed by atoms with Crippen LogP contribution in [0, 0.1) is 0 Å². The van der Waals surface area contributed by atoms with Crippen molar-refractivity contribution in [3.63, 3.8) is 0 Å². The molecule has 0 fully saturated rings. The van der Waals surface area contributed by atoms with Gasteiger partial charge < -0.3 is 4.74 Å². The standard InChI is InChI=1S/C8H8.C7H13NO2/c1-2-8-6-4-3-5-7-8;1-6(2)7(9)10-5-8(3)4/h2-7H,1H2;1,5H2,2-4H3. The second-order valence-electron chi connectivity index (χ2n) is 4.04. The van der Waals surface area contributed by atoms with E-state index in [9.17, 15) is 4.79 Å². The number of carbonyl (C=O) groups excluding carboxylic acids is 1. The van der Waals surface area contributed by atoms with Crippen LogP contribution in [0.1, 0.15) is 12.5 Å². The van der Waals surface area contributed by atoms with Crippen molar-refractivity contribution in [2.24, 2.45) is 0 Å². The molecule has 0 aliphatic heterocycles. The molecular formula is C15H21NO2. The van der Waals surface area contributed by atoms with Gasteiger partial charge in [-0.2, -0.15) is 0 Å². The van der Waals surface area contributed by atoms with E-state index in [1.165, 1.54) is 5.56 Å². The first-order valence-corrected chi connectivity index (χ1v) is 5.62. The zero-order valence-electron chi connectivity index (χ0n) is 11.3. The number of ether oxygens (including phenoxy) is 1. The molecule has 98 valence electrons. The van der Waals surface area contributed by atoms with Crippen LogP contribution < -0.4 is 0 Å². The van der Waals surface area contributed by atoms with Crippen molar-refractivity contribution in [2.75, 3.05) is 20.8 Å². The second kappa shape index (κ2) is 9.19. The Morgan fingerprint density at radius 1 is 1.33 bits per heavy atom. The van der Waals surface area contributed by atoms with Gasteiger partial charge in [0.1, 0.15) is 6.73 Å². The van der Waals surface area contributed by atoms with Gasteiger partial charge in [-0.15, -0.1) is 0 Å². The summed E-state index contributed by atoms with van der Waals surface area (Å²) in [7, 11) is 3.65. The van der Waals surface area contributed by atoms with E-state index < -0.39 is 0 Å². The quantitative estimate of drug-likeness (QED) is 0.465. The molecule has 0 radical (unpaired) electrons. The molecule has 0 aliphatic rings. The van der Waals surface area contributed by atoms with Gasteiger partial charge >= 0.3 is 5.97 Å². The molecule has 1 aromatic carbocycles. The van der Waals surface area contributed by atoms with Crippen LogP contribution in [-0.2, 0) is 9.53 Å². The van der Waals surface area contributed by atoms with Crippen LogP contribution in [0.2, 0.25) is 0 Å². The number of hydrogen-bond donors (Lipinski definition) is 0. The third-order valence-electron chi connectivity index (χ3n) is 1.84. The molecule has 0 heterocycles. The van der Waals surface area contributed by atoms with Gasteiger partial charge in [-0.05, 0) is 26.6 Å². The fourth-order valence-electron chi connectivity index (χ4n) is 0.900. The third kappa shape index (κ3) is 8.30. The molecule has 0 atom stereocenters. The maximum Gasteiger partial charge on any atom is 0.334 e. The fourth-order valence-corrected chi connectivity index (χ4v) is 0.900. The van der Waals surface area contributed by atoms with Gasteiger partial charge in [0.25, 0.3) is 0 Å². The van der Waals surface area contributed by atoms with Crippen molar-refractivity contribution in [1.29, 1.82) is 0 Å². The summed E-state index contributed by atoms with van der Waals surface area (Å²) in [5, 5.41) is 0. The first kappa shape index (κ1) is 16.1. The molecule has 0 aromatic heterocycles. The van der Waals surface area contributed by atoms with Gasteiger partial charge in [0.2, 0.25) is 0 Å². The zero-order valence-corrected chi connectivity index (χ0v) is 11.3. The Bertz CT molecular complexity index is 383. The summed E-state index contributed by atoms with van der Waals surface area (Å²) >= 11 is 0. The Morgan fingerprint density at radius 3 is 2.22 bits per heavy atom. The van der Waals surface area contributed by atoms with Crippen LogP contribution in [0.15, 0.2) is 49.1 Å². The Kier molecular flexibility index (Phi) is 8.24. The highest BCUT2D eigenvalue weighted by atomic mass is 16.5. The number of esters is 1. The summed E-state index contributed by atoms with van der Waals surface area (Å²) in [5.41, 5.74) is 1.61. The Balaban J connectivity index is 0.000000327. The molecule has 0 bridgehead atoms. The van der Waals surface area contributed by atoms with Gasteiger partial charge in [-0.3, -0.25) is 4.90 Å². The maximum absolute atomic E-state index is 10.7. The van der Waals surface area contributed by atoms with Crippen LogP contribution in [0.5, 0.6) is 0 Å². The van der Waals surface area contributed by atoms with E-state index in [1.54, 1.807) is 11.8 Å². The van der Waals surface area contributed by atoms with E-state index in [0.29, 0.717) is 12.3 Å². The topological polar surface area (TPSA) is 29.5 Å². The Hall–Kier alpha value is -1.87. The number of nitrogens with zero attached hydrogens (tertiary/aromatic N) is 1. The average molecular weight is 247 g/mol. The molecule has 3 heteroatoms. The molecule has 0 saturated carbocycles. The lowest BCUT2D eigenvalue weighted by Gasteiger charge is -2.09. The van der Waals surface area contributed by atoms with Gasteiger partial charge in [0.15, 0.2) is 0 Å². The van der Waals surface area contributed by atoms with Crippen LogP contribution >= 0.6 is 0 Å². The first-order chi connectivity index (χ1) is 8.47. The normalized spacial score (nSPS) is 9.11. The van der Waals surface area contributed by atoms with Crippen LogP contribution in [0.25, 0.3) is 6.08 Å². The minimum atomic E-state index is -0.339. The average Bonchev–Trinajstić information content (AvgIpc) is 2.37. The lowest BCUT2D eigenvalue weighted by molar-refractivity contribution is -0.142. The largest absolute Gasteiger partial charge is 0.446 e. The molecule has 3 nitrogen and oxygen atoms in total. The van der Waals surface area contributed by atoms with E-state index in [4.69, 9.17) is 4.74 Å². The molecule has 0 N–H and O–H groups in total. The lowest BCUT2D eigenvalue weighted by Crippen LogP contribution is -2.19. The Morgan fingerprint density at radius 2 is 1.89 bits per heavy atom. The highest BCUT2D eigenvalue weighted by Gasteiger charge is 2.01. The monoisotopic (exact) mass is 247 g/mol. The van der Waals surface area contributed by atoms with E-state index in [-0.39, 0.29) is 5.97 Å². The first-order valence-electron chi connectivity index (χ1n) is 5.62. The molecule has 1 rings (SSSR count). The van der Waals surface area contributed by atoms with Crippen molar-refractivity contribution >= 4 is 12.0 Å². The summed E-state index contributed by atoms with van der Waals surface area (Å²) in [4.78, 5) is 12.5. The molecular weight excluding hydrogens is 226 g/mol. The van der Waals surface area contributed by atoms with Gasteiger partial charge in [0.05, 0.1) is 0 Å². The van der Waals surface area contributed by atoms with Gasteiger partial charge in [-0.1, -0.05) is 49.6 Å². The maximum atomic E-state index is 10.7. The fraction of sp³-hybridized carbons (Fsp3) is 0.267. The van der Waals surface area contributed by atoms with Crippen molar-refractivity contribution in [1.82, 2.24) is 4.90 Å². The summed E-state index contributed by atoms with van der Waals surface area (Å²) < 4.78 is 4.75. The summed E-state index contributed by atoms with van der Waals surface area (Å²) in [6, 6.07) is 10.0. The van der Waals surface area contributed by atoms with Crippen LogP contribution in [0.4, 0.5) is 0 Å². The number of hydrogen-bond acceptors (Lipinski definition) is 3. The molecule has 0 spiro atoms. The van der Waals surface area contributed by atoms with Crippen molar-refractivity contribution in [3.8, 4) is 0 Å². The Labute approximate surface area is 109 Å². The summed E-state index contributed by atoms with van der Waals surface area (Å²) in [6.07, 6.45) is 1.83. The van der Waals surface area contributed by atoms with Crippen LogP contribution in [-0.4, -0.2) is 31.7 Å². The molecule has 1 aromatic rings. The highest BCUT2D eigenvalue weighted by molar-refractivity contribution is 5.86. The zero-order chi connectivity index (χ0) is 14.0. The van der Waals surface area contributed by atoms with Crippen molar-refractivity contribution < 1.29 is 9.53 Å². The summed E-state index contributed by atoms with van der Waals surface area (Å²) in [5.74, 6) is -0.339. The van der Waals surface area contributed by atoms with E-state index in [0.717, 1.165) is 0 Å². The third-order valence-corrected chi connectivity index (χ3v) is 1.84. The molecule has 0 amide bonds. The number of carbonyl (C=O) groups is 1. The molecule has 0 saturated heterocycles. The molecule has 0 aliphatic carbocycles.